The number of anilines is 1. The van der Waals surface area contributed by atoms with Crippen LogP contribution in [0.5, 0.6) is 11.5 Å². The lowest BCUT2D eigenvalue weighted by Gasteiger charge is -2.34. The van der Waals surface area contributed by atoms with Crippen molar-refractivity contribution in [2.45, 2.75) is 26.2 Å². The predicted octanol–water partition coefficient (Wildman–Crippen LogP) is 4.30. The van der Waals surface area contributed by atoms with E-state index in [1.165, 1.54) is 16.7 Å². The number of nitrogens with zero attached hydrogens (tertiary/aromatic N) is 4. The lowest BCUT2D eigenvalue weighted by atomic mass is 10.0. The van der Waals surface area contributed by atoms with Crippen LogP contribution in [-0.2, 0) is 4.79 Å². The molecule has 36 heavy (non-hydrogen) atoms. The Balaban J connectivity index is 1.25. The Kier molecular flexibility index (Phi) is 6.31. The van der Waals surface area contributed by atoms with Crippen molar-refractivity contribution >= 4 is 11.8 Å². The van der Waals surface area contributed by atoms with Gasteiger partial charge >= 0.3 is 0 Å². The van der Waals surface area contributed by atoms with E-state index in [1.54, 1.807) is 26.4 Å². The fourth-order valence-corrected chi connectivity index (χ4v) is 5.12. The van der Waals surface area contributed by atoms with Crippen LogP contribution in [0, 0.1) is 31.1 Å². The maximum absolute atomic E-state index is 13.2. The highest BCUT2D eigenvalue weighted by molar-refractivity contribution is 5.83. The summed E-state index contributed by atoms with van der Waals surface area (Å²) < 4.78 is 16.7. The summed E-state index contributed by atoms with van der Waals surface area (Å²) >= 11 is 0. The minimum atomic E-state index is 0.0642. The molecular formula is C28H30N4O4. The number of hydrogen-bond donors (Lipinski definition) is 0. The molecule has 1 amide bonds. The van der Waals surface area contributed by atoms with Gasteiger partial charge in [-0.15, -0.1) is 0 Å². The number of carbonyl (C=O) groups is 1. The number of aryl methyl sites for hydroxylation is 2. The van der Waals surface area contributed by atoms with E-state index in [-0.39, 0.29) is 17.5 Å². The fourth-order valence-electron chi connectivity index (χ4n) is 5.12. The van der Waals surface area contributed by atoms with E-state index in [0.29, 0.717) is 60.9 Å². The number of ether oxygens (including phenoxy) is 2. The van der Waals surface area contributed by atoms with Gasteiger partial charge in [0, 0.05) is 37.7 Å². The van der Waals surface area contributed by atoms with Crippen molar-refractivity contribution in [3.05, 3.63) is 58.8 Å². The highest BCUT2D eigenvalue weighted by Gasteiger charge is 2.46. The lowest BCUT2D eigenvalue weighted by molar-refractivity contribution is -0.133. The molecule has 8 heteroatoms. The Morgan fingerprint density at radius 3 is 2.36 bits per heavy atom. The minimum absolute atomic E-state index is 0.0642. The number of oxazole rings is 1. The van der Waals surface area contributed by atoms with Gasteiger partial charge in [-0.2, -0.15) is 10.2 Å². The maximum atomic E-state index is 13.2. The number of piperazine rings is 1. The molecule has 5 rings (SSSR count). The summed E-state index contributed by atoms with van der Waals surface area (Å²) in [5.74, 6) is 2.54. The van der Waals surface area contributed by atoms with Crippen molar-refractivity contribution in [3.8, 4) is 29.0 Å². The number of rotatable bonds is 6. The zero-order valence-electron chi connectivity index (χ0n) is 21.1. The topological polar surface area (TPSA) is 91.8 Å². The summed E-state index contributed by atoms with van der Waals surface area (Å²) in [6, 6.07) is 14.1. The monoisotopic (exact) mass is 486 g/mol. The quantitative estimate of drug-likeness (QED) is 0.513. The van der Waals surface area contributed by atoms with Crippen LogP contribution in [0.2, 0.25) is 0 Å². The third-order valence-corrected chi connectivity index (χ3v) is 7.00. The van der Waals surface area contributed by atoms with E-state index in [0.717, 1.165) is 6.42 Å². The van der Waals surface area contributed by atoms with Crippen molar-refractivity contribution in [3.63, 3.8) is 0 Å². The molecule has 0 bridgehead atoms. The molecule has 0 radical (unpaired) electrons. The molecule has 2 aromatic carbocycles. The van der Waals surface area contributed by atoms with Gasteiger partial charge in [0.25, 0.3) is 0 Å². The summed E-state index contributed by atoms with van der Waals surface area (Å²) in [6.45, 7) is 6.55. The number of carbonyl (C=O) groups excluding carboxylic acids is 1. The number of nitriles is 1. The smallest absolute Gasteiger partial charge is 0.235 e. The molecule has 1 saturated heterocycles. The molecule has 1 saturated carbocycles. The Labute approximate surface area is 211 Å². The number of amides is 1. The highest BCUT2D eigenvalue weighted by atomic mass is 16.5. The van der Waals surface area contributed by atoms with Gasteiger partial charge in [0.05, 0.1) is 14.2 Å². The van der Waals surface area contributed by atoms with Gasteiger partial charge in [0.15, 0.2) is 11.5 Å². The molecule has 186 valence electrons. The Bertz CT molecular complexity index is 1310. The number of methoxy groups -OCH3 is 2. The summed E-state index contributed by atoms with van der Waals surface area (Å²) in [4.78, 5) is 21.5. The van der Waals surface area contributed by atoms with E-state index < -0.39 is 0 Å². The second-order valence-electron chi connectivity index (χ2n) is 9.54. The molecule has 2 atom stereocenters. The SMILES string of the molecule is COc1ccc(-c2nc(C#N)c(N3CCN(C(=O)C4CC4c4cc(C)cc(C)c4)CC3)o2)cc1OC. The van der Waals surface area contributed by atoms with Gasteiger partial charge in [0.2, 0.25) is 23.4 Å². The zero-order chi connectivity index (χ0) is 25.4. The Morgan fingerprint density at radius 2 is 1.72 bits per heavy atom. The normalized spacial score (nSPS) is 19.1. The van der Waals surface area contributed by atoms with E-state index in [2.05, 4.69) is 43.1 Å². The van der Waals surface area contributed by atoms with Crippen molar-refractivity contribution in [2.75, 3.05) is 45.3 Å². The van der Waals surface area contributed by atoms with Gasteiger partial charge < -0.3 is 23.7 Å². The molecular weight excluding hydrogens is 456 g/mol. The molecule has 0 spiro atoms. The fraction of sp³-hybridized carbons (Fsp3) is 0.393. The van der Waals surface area contributed by atoms with Crippen LogP contribution in [0.15, 0.2) is 40.8 Å². The molecule has 2 aliphatic rings. The molecule has 2 unspecified atom stereocenters. The number of benzene rings is 2. The third-order valence-electron chi connectivity index (χ3n) is 7.00. The predicted molar refractivity (Wildman–Crippen MR) is 135 cm³/mol. The van der Waals surface area contributed by atoms with Crippen LogP contribution in [0.25, 0.3) is 11.5 Å². The van der Waals surface area contributed by atoms with Gasteiger partial charge in [-0.25, -0.2) is 0 Å². The van der Waals surface area contributed by atoms with Gasteiger partial charge in [-0.05, 0) is 49.9 Å². The molecule has 2 heterocycles. The summed E-state index contributed by atoms with van der Waals surface area (Å²) in [7, 11) is 3.14. The summed E-state index contributed by atoms with van der Waals surface area (Å²) in [6.07, 6.45) is 0.914. The van der Waals surface area contributed by atoms with Gasteiger partial charge in [-0.1, -0.05) is 29.3 Å². The molecule has 1 aliphatic heterocycles. The molecule has 2 fully saturated rings. The zero-order valence-corrected chi connectivity index (χ0v) is 21.1. The van der Waals surface area contributed by atoms with Crippen molar-refractivity contribution in [1.29, 1.82) is 5.26 Å². The molecule has 8 nitrogen and oxygen atoms in total. The maximum Gasteiger partial charge on any atom is 0.235 e. The average Bonchev–Trinajstić information content (AvgIpc) is 3.58. The number of aromatic nitrogens is 1. The summed E-state index contributed by atoms with van der Waals surface area (Å²) in [5, 5.41) is 9.68. The van der Waals surface area contributed by atoms with Crippen LogP contribution < -0.4 is 14.4 Å². The van der Waals surface area contributed by atoms with Crippen molar-refractivity contribution < 1.29 is 18.7 Å². The van der Waals surface area contributed by atoms with E-state index in [9.17, 15) is 10.1 Å². The first-order chi connectivity index (χ1) is 17.4. The second kappa shape index (κ2) is 9.57. The van der Waals surface area contributed by atoms with Gasteiger partial charge in [0.1, 0.15) is 6.07 Å². The summed E-state index contributed by atoms with van der Waals surface area (Å²) in [5.41, 5.74) is 4.67. The van der Waals surface area contributed by atoms with Crippen molar-refractivity contribution in [2.24, 2.45) is 5.92 Å². The van der Waals surface area contributed by atoms with Crippen LogP contribution in [-0.4, -0.2) is 56.2 Å². The first kappa shape index (κ1) is 23.7. The second-order valence-corrected chi connectivity index (χ2v) is 9.54. The van der Waals surface area contributed by atoms with Crippen molar-refractivity contribution in [1.82, 2.24) is 9.88 Å². The standard InChI is InChI=1S/C28H30N4O4/c1-17-11-18(2)13-20(12-17)21-15-22(21)27(33)31-7-9-32(10-8-31)28-23(16-29)30-26(36-28)19-5-6-24(34-3)25(14-19)35-4/h5-6,11-14,21-22H,7-10,15H2,1-4H3. The van der Waals surface area contributed by atoms with Crippen LogP contribution >= 0.6 is 0 Å². The van der Waals surface area contributed by atoms with Gasteiger partial charge in [-0.3, -0.25) is 4.79 Å². The van der Waals surface area contributed by atoms with E-state index in [4.69, 9.17) is 13.9 Å². The van der Waals surface area contributed by atoms with Crippen LogP contribution in [0.3, 0.4) is 0 Å². The Morgan fingerprint density at radius 1 is 1.03 bits per heavy atom. The Hall–Kier alpha value is -3.99. The lowest BCUT2D eigenvalue weighted by Crippen LogP contribution is -2.49. The minimum Gasteiger partial charge on any atom is -0.493 e. The van der Waals surface area contributed by atoms with Crippen LogP contribution in [0.4, 0.5) is 5.88 Å². The third kappa shape index (κ3) is 4.49. The highest BCUT2D eigenvalue weighted by Crippen LogP contribution is 2.49. The molecule has 1 aromatic heterocycles. The first-order valence-corrected chi connectivity index (χ1v) is 12.2. The molecule has 0 N–H and O–H groups in total. The largest absolute Gasteiger partial charge is 0.493 e. The molecule has 1 aliphatic carbocycles. The van der Waals surface area contributed by atoms with E-state index >= 15 is 0 Å². The first-order valence-electron chi connectivity index (χ1n) is 12.2. The molecule has 3 aromatic rings. The van der Waals surface area contributed by atoms with E-state index in [1.807, 2.05) is 15.9 Å². The van der Waals surface area contributed by atoms with Crippen LogP contribution in [0.1, 0.15) is 34.7 Å². The number of hydrogen-bond acceptors (Lipinski definition) is 7. The average molecular weight is 487 g/mol.